The molecule has 0 aromatic carbocycles. The number of hydrogen-bond acceptors (Lipinski definition) is 3. The smallest absolute Gasteiger partial charge is 0.237 e. The monoisotopic (exact) mass is 241 g/mol. The molecule has 17 heavy (non-hydrogen) atoms. The van der Waals surface area contributed by atoms with Crippen LogP contribution in [0.4, 0.5) is 0 Å². The largest absolute Gasteiger partial charge is 0.325 e. The summed E-state index contributed by atoms with van der Waals surface area (Å²) in [6.45, 7) is 8.94. The molecule has 0 aromatic heterocycles. The standard InChI is InChI=1S/C13H27N3O/c1-6-7-11-14-8-12(17)16(11)10-13(2,3)9-15(4)5/h11,14H,6-10H2,1-5H3. The Balaban J connectivity index is 2.60. The zero-order chi connectivity index (χ0) is 13.1. The van der Waals surface area contributed by atoms with E-state index in [4.69, 9.17) is 0 Å². The first-order valence-electron chi connectivity index (χ1n) is 6.53. The van der Waals surface area contributed by atoms with Gasteiger partial charge in [-0.1, -0.05) is 27.2 Å². The number of nitrogens with one attached hydrogen (secondary N) is 1. The summed E-state index contributed by atoms with van der Waals surface area (Å²) in [5, 5.41) is 3.30. The topological polar surface area (TPSA) is 35.6 Å². The first-order valence-corrected chi connectivity index (χ1v) is 6.53. The fraction of sp³-hybridized carbons (Fsp3) is 0.923. The summed E-state index contributed by atoms with van der Waals surface area (Å²) in [5.41, 5.74) is 0.136. The number of carbonyl (C=O) groups is 1. The van der Waals surface area contributed by atoms with Crippen molar-refractivity contribution >= 4 is 5.91 Å². The molecule has 0 saturated carbocycles. The van der Waals surface area contributed by atoms with Gasteiger partial charge in [0.2, 0.25) is 5.91 Å². The van der Waals surface area contributed by atoms with Gasteiger partial charge in [-0.15, -0.1) is 0 Å². The predicted molar refractivity (Wildman–Crippen MR) is 70.7 cm³/mol. The van der Waals surface area contributed by atoms with Crippen molar-refractivity contribution in [2.75, 3.05) is 33.7 Å². The Morgan fingerprint density at radius 1 is 1.47 bits per heavy atom. The molecule has 1 aliphatic rings. The Morgan fingerprint density at radius 2 is 2.12 bits per heavy atom. The van der Waals surface area contributed by atoms with Crippen molar-refractivity contribution in [1.82, 2.24) is 15.1 Å². The van der Waals surface area contributed by atoms with E-state index in [-0.39, 0.29) is 17.5 Å². The average molecular weight is 241 g/mol. The Hall–Kier alpha value is -0.610. The van der Waals surface area contributed by atoms with E-state index in [1.807, 2.05) is 4.90 Å². The quantitative estimate of drug-likeness (QED) is 0.757. The third kappa shape index (κ3) is 4.28. The zero-order valence-corrected chi connectivity index (χ0v) is 11.9. The molecule has 1 heterocycles. The van der Waals surface area contributed by atoms with Crippen LogP contribution in [-0.4, -0.2) is 55.6 Å². The molecule has 4 heteroatoms. The highest BCUT2D eigenvalue weighted by molar-refractivity contribution is 5.80. The summed E-state index contributed by atoms with van der Waals surface area (Å²) in [7, 11) is 4.16. The second kappa shape index (κ2) is 5.83. The predicted octanol–water partition coefficient (Wildman–Crippen LogP) is 1.13. The molecule has 100 valence electrons. The van der Waals surface area contributed by atoms with Gasteiger partial charge in [-0.2, -0.15) is 0 Å². The van der Waals surface area contributed by atoms with Crippen molar-refractivity contribution in [2.24, 2.45) is 5.41 Å². The molecular weight excluding hydrogens is 214 g/mol. The van der Waals surface area contributed by atoms with E-state index in [1.54, 1.807) is 0 Å². The number of hydrogen-bond donors (Lipinski definition) is 1. The number of amides is 1. The van der Waals surface area contributed by atoms with E-state index >= 15 is 0 Å². The Morgan fingerprint density at radius 3 is 2.65 bits per heavy atom. The summed E-state index contributed by atoms with van der Waals surface area (Å²) in [6.07, 6.45) is 2.40. The lowest BCUT2D eigenvalue weighted by molar-refractivity contribution is -0.129. The third-order valence-corrected chi connectivity index (χ3v) is 3.09. The van der Waals surface area contributed by atoms with Crippen LogP contribution in [0.1, 0.15) is 33.6 Å². The lowest BCUT2D eigenvalue weighted by Crippen LogP contribution is -2.45. The molecular formula is C13H27N3O. The molecule has 0 aromatic rings. The van der Waals surface area contributed by atoms with E-state index in [0.29, 0.717) is 6.54 Å². The summed E-state index contributed by atoms with van der Waals surface area (Å²) in [4.78, 5) is 16.1. The molecule has 1 fully saturated rings. The highest BCUT2D eigenvalue weighted by Gasteiger charge is 2.34. The fourth-order valence-electron chi connectivity index (χ4n) is 2.69. The van der Waals surface area contributed by atoms with Crippen LogP contribution in [0.15, 0.2) is 0 Å². The molecule has 1 N–H and O–H groups in total. The normalized spacial score (nSPS) is 21.6. The van der Waals surface area contributed by atoms with E-state index in [9.17, 15) is 4.79 Å². The molecule has 1 unspecified atom stereocenters. The molecule has 1 amide bonds. The van der Waals surface area contributed by atoms with Crippen molar-refractivity contribution in [3.05, 3.63) is 0 Å². The molecule has 1 rings (SSSR count). The number of carbonyl (C=O) groups excluding carboxylic acids is 1. The molecule has 0 bridgehead atoms. The maximum absolute atomic E-state index is 11.9. The van der Waals surface area contributed by atoms with Crippen LogP contribution < -0.4 is 5.32 Å². The molecule has 4 nitrogen and oxygen atoms in total. The maximum Gasteiger partial charge on any atom is 0.237 e. The minimum absolute atomic E-state index is 0.136. The molecule has 0 radical (unpaired) electrons. The first kappa shape index (κ1) is 14.5. The molecule has 1 aliphatic heterocycles. The summed E-state index contributed by atoms with van der Waals surface area (Å²) in [5.74, 6) is 0.246. The molecule has 0 spiro atoms. The van der Waals surface area contributed by atoms with E-state index in [0.717, 1.165) is 25.9 Å². The minimum atomic E-state index is 0.136. The van der Waals surface area contributed by atoms with Crippen LogP contribution in [0.25, 0.3) is 0 Å². The van der Waals surface area contributed by atoms with E-state index in [1.165, 1.54) is 0 Å². The van der Waals surface area contributed by atoms with E-state index < -0.39 is 0 Å². The molecule has 1 atom stereocenters. The van der Waals surface area contributed by atoms with Gasteiger partial charge in [0.25, 0.3) is 0 Å². The van der Waals surface area contributed by atoms with E-state index in [2.05, 4.69) is 45.1 Å². The van der Waals surface area contributed by atoms with Gasteiger partial charge in [0.1, 0.15) is 0 Å². The molecule has 1 saturated heterocycles. The van der Waals surface area contributed by atoms with Gasteiger partial charge >= 0.3 is 0 Å². The summed E-state index contributed by atoms with van der Waals surface area (Å²) in [6, 6.07) is 0. The minimum Gasteiger partial charge on any atom is -0.325 e. The average Bonchev–Trinajstić information content (AvgIpc) is 2.48. The Bertz CT molecular complexity index is 263. The summed E-state index contributed by atoms with van der Waals surface area (Å²) >= 11 is 0. The SMILES string of the molecule is CCCC1NCC(=O)N1CC(C)(C)CN(C)C. The highest BCUT2D eigenvalue weighted by atomic mass is 16.2. The van der Waals surface area contributed by atoms with Crippen molar-refractivity contribution in [1.29, 1.82) is 0 Å². The van der Waals surface area contributed by atoms with Crippen LogP contribution in [-0.2, 0) is 4.79 Å². The second-order valence-corrected chi connectivity index (χ2v) is 6.11. The van der Waals surface area contributed by atoms with Gasteiger partial charge in [0.15, 0.2) is 0 Å². The van der Waals surface area contributed by atoms with Gasteiger partial charge in [0, 0.05) is 13.1 Å². The second-order valence-electron chi connectivity index (χ2n) is 6.11. The van der Waals surface area contributed by atoms with Crippen LogP contribution in [0.2, 0.25) is 0 Å². The lowest BCUT2D eigenvalue weighted by Gasteiger charge is -2.35. The van der Waals surface area contributed by atoms with Gasteiger partial charge < -0.3 is 9.80 Å². The van der Waals surface area contributed by atoms with Gasteiger partial charge in [-0.05, 0) is 25.9 Å². The fourth-order valence-corrected chi connectivity index (χ4v) is 2.69. The van der Waals surface area contributed by atoms with Gasteiger partial charge in [0.05, 0.1) is 12.7 Å². The van der Waals surface area contributed by atoms with Gasteiger partial charge in [-0.3, -0.25) is 10.1 Å². The third-order valence-electron chi connectivity index (χ3n) is 3.09. The highest BCUT2D eigenvalue weighted by Crippen LogP contribution is 2.22. The van der Waals surface area contributed by atoms with Crippen LogP contribution >= 0.6 is 0 Å². The van der Waals surface area contributed by atoms with Crippen molar-refractivity contribution in [2.45, 2.75) is 39.8 Å². The van der Waals surface area contributed by atoms with Crippen molar-refractivity contribution in [3.63, 3.8) is 0 Å². The van der Waals surface area contributed by atoms with Crippen molar-refractivity contribution in [3.8, 4) is 0 Å². The van der Waals surface area contributed by atoms with Gasteiger partial charge in [-0.25, -0.2) is 0 Å². The van der Waals surface area contributed by atoms with Crippen LogP contribution in [0, 0.1) is 5.41 Å². The lowest BCUT2D eigenvalue weighted by atomic mass is 9.92. The van der Waals surface area contributed by atoms with Crippen molar-refractivity contribution < 1.29 is 4.79 Å². The Kier molecular flexibility index (Phi) is 4.95. The maximum atomic E-state index is 11.9. The summed E-state index contributed by atoms with van der Waals surface area (Å²) < 4.78 is 0. The molecule has 0 aliphatic carbocycles. The number of rotatable bonds is 6. The Labute approximate surface area is 105 Å². The zero-order valence-electron chi connectivity index (χ0n) is 11.9. The van der Waals surface area contributed by atoms with Crippen LogP contribution in [0.3, 0.4) is 0 Å². The first-order chi connectivity index (χ1) is 7.85. The van der Waals surface area contributed by atoms with Crippen LogP contribution in [0.5, 0.6) is 0 Å². The number of nitrogens with zero attached hydrogens (tertiary/aromatic N) is 2.